The molecule has 0 aliphatic heterocycles. The van der Waals surface area contributed by atoms with Crippen molar-refractivity contribution >= 4 is 35.0 Å². The van der Waals surface area contributed by atoms with E-state index in [2.05, 4.69) is 55.5 Å². The first-order valence-corrected chi connectivity index (χ1v) is 4.42. The van der Waals surface area contributed by atoms with Crippen LogP contribution in [0.5, 0.6) is 0 Å². The fourth-order valence-corrected chi connectivity index (χ4v) is 1.47. The van der Waals surface area contributed by atoms with Gasteiger partial charge in [-0.2, -0.15) is 0 Å². The Balaban J connectivity index is 0.000001000. The number of halogens is 2. The van der Waals surface area contributed by atoms with E-state index in [-0.39, 0.29) is 12.4 Å². The highest BCUT2D eigenvalue weighted by Gasteiger charge is 1.97. The van der Waals surface area contributed by atoms with Crippen LogP contribution in [0.15, 0.2) is 12.1 Å². The molecule has 0 amide bonds. The van der Waals surface area contributed by atoms with E-state index in [1.54, 1.807) is 0 Å². The molecule has 0 spiro atoms. The molecule has 0 aliphatic carbocycles. The van der Waals surface area contributed by atoms with Crippen LogP contribution in [0.4, 0.5) is 0 Å². The molecule has 0 aliphatic rings. The zero-order chi connectivity index (χ0) is 7.72. The van der Waals surface area contributed by atoms with Crippen LogP contribution in [-0.4, -0.2) is 0 Å². The first kappa shape index (κ1) is 11.2. The van der Waals surface area contributed by atoms with Crippen molar-refractivity contribution in [1.29, 1.82) is 0 Å². The van der Waals surface area contributed by atoms with Gasteiger partial charge in [-0.05, 0) is 54.5 Å². The molecule has 0 nitrogen and oxygen atoms in total. The predicted octanol–water partition coefficient (Wildman–Crippen LogP) is 3.64. The van der Waals surface area contributed by atoms with Crippen LogP contribution in [0.3, 0.4) is 0 Å². The summed E-state index contributed by atoms with van der Waals surface area (Å²) >= 11 is 2.39. The lowest BCUT2D eigenvalue weighted by molar-refractivity contribution is 1.29. The fraction of sp³-hybridized carbons (Fsp3) is 0.333. The van der Waals surface area contributed by atoms with Crippen molar-refractivity contribution < 1.29 is 0 Å². The summed E-state index contributed by atoms with van der Waals surface area (Å²) in [5, 5.41) is 0. The maximum atomic E-state index is 2.39. The lowest BCUT2D eigenvalue weighted by Gasteiger charge is -2.03. The average Bonchev–Trinajstić information content (AvgIpc) is 1.82. The second-order valence-electron chi connectivity index (χ2n) is 2.71. The number of hydrogen-bond acceptors (Lipinski definition) is 0. The van der Waals surface area contributed by atoms with Gasteiger partial charge in [0.15, 0.2) is 0 Å². The van der Waals surface area contributed by atoms with E-state index in [4.69, 9.17) is 0 Å². The van der Waals surface area contributed by atoms with Gasteiger partial charge in [0.25, 0.3) is 0 Å². The van der Waals surface area contributed by atoms with Crippen molar-refractivity contribution in [3.63, 3.8) is 0 Å². The van der Waals surface area contributed by atoms with Gasteiger partial charge < -0.3 is 0 Å². The monoisotopic (exact) mass is 282 g/mol. The van der Waals surface area contributed by atoms with Gasteiger partial charge in [0, 0.05) is 3.57 Å². The summed E-state index contributed by atoms with van der Waals surface area (Å²) < 4.78 is 1.39. The van der Waals surface area contributed by atoms with Crippen LogP contribution in [0, 0.1) is 24.3 Å². The standard InChI is InChI=1S/C9H11I.ClH/c1-6-4-7(2)9(10)8(3)5-6;/h4-5H,1-3H3;1H. The Morgan fingerprint density at radius 3 is 1.73 bits per heavy atom. The Labute approximate surface area is 87.9 Å². The predicted molar refractivity (Wildman–Crippen MR) is 60.6 cm³/mol. The summed E-state index contributed by atoms with van der Waals surface area (Å²) in [7, 11) is 0. The Morgan fingerprint density at radius 2 is 1.36 bits per heavy atom. The SMILES string of the molecule is Cc1cc(C)c(I)c(C)c1.Cl. The van der Waals surface area contributed by atoms with Crippen molar-refractivity contribution in [3.05, 3.63) is 32.4 Å². The van der Waals surface area contributed by atoms with Crippen molar-refractivity contribution in [1.82, 2.24) is 0 Å². The van der Waals surface area contributed by atoms with Crippen LogP contribution in [0.1, 0.15) is 16.7 Å². The molecule has 11 heavy (non-hydrogen) atoms. The third-order valence-corrected chi connectivity index (χ3v) is 3.28. The van der Waals surface area contributed by atoms with E-state index < -0.39 is 0 Å². The third-order valence-electron chi connectivity index (χ3n) is 1.58. The highest BCUT2D eigenvalue weighted by molar-refractivity contribution is 14.1. The minimum Gasteiger partial charge on any atom is -0.147 e. The molecule has 0 aromatic heterocycles. The smallest absolute Gasteiger partial charge is 0.0188 e. The second-order valence-corrected chi connectivity index (χ2v) is 3.79. The molecule has 0 saturated carbocycles. The lowest BCUT2D eigenvalue weighted by Crippen LogP contribution is -1.86. The maximum Gasteiger partial charge on any atom is 0.0188 e. The Kier molecular flexibility index (Phi) is 4.41. The molecular weight excluding hydrogens is 270 g/mol. The Morgan fingerprint density at radius 1 is 1.00 bits per heavy atom. The molecule has 0 unspecified atom stereocenters. The zero-order valence-electron chi connectivity index (χ0n) is 6.94. The van der Waals surface area contributed by atoms with E-state index in [0.29, 0.717) is 0 Å². The first-order chi connectivity index (χ1) is 4.61. The molecule has 0 fully saturated rings. The van der Waals surface area contributed by atoms with Gasteiger partial charge in [-0.3, -0.25) is 0 Å². The van der Waals surface area contributed by atoms with Gasteiger partial charge >= 0.3 is 0 Å². The average molecular weight is 283 g/mol. The van der Waals surface area contributed by atoms with Crippen molar-refractivity contribution in [3.8, 4) is 0 Å². The molecule has 62 valence electrons. The maximum absolute atomic E-state index is 2.39. The number of hydrogen-bond donors (Lipinski definition) is 0. The summed E-state index contributed by atoms with van der Waals surface area (Å²) in [4.78, 5) is 0. The summed E-state index contributed by atoms with van der Waals surface area (Å²) in [6.45, 7) is 6.44. The summed E-state index contributed by atoms with van der Waals surface area (Å²) in [5.41, 5.74) is 4.13. The molecule has 1 rings (SSSR count). The van der Waals surface area contributed by atoms with Gasteiger partial charge in [-0.15, -0.1) is 12.4 Å². The second kappa shape index (κ2) is 4.31. The molecule has 0 atom stereocenters. The van der Waals surface area contributed by atoms with Gasteiger partial charge in [0.1, 0.15) is 0 Å². The summed E-state index contributed by atoms with van der Waals surface area (Å²) in [6.07, 6.45) is 0. The normalized spacial score (nSPS) is 9.09. The van der Waals surface area contributed by atoms with E-state index >= 15 is 0 Å². The van der Waals surface area contributed by atoms with Crippen LogP contribution in [0.25, 0.3) is 0 Å². The lowest BCUT2D eigenvalue weighted by atomic mass is 10.1. The molecule has 1 aromatic rings. The summed E-state index contributed by atoms with van der Waals surface area (Å²) in [6, 6.07) is 4.43. The molecule has 0 radical (unpaired) electrons. The highest BCUT2D eigenvalue weighted by Crippen LogP contribution is 2.17. The Bertz CT molecular complexity index is 233. The molecule has 1 aromatic carbocycles. The van der Waals surface area contributed by atoms with Crippen molar-refractivity contribution in [2.24, 2.45) is 0 Å². The number of rotatable bonds is 0. The van der Waals surface area contributed by atoms with E-state index in [1.807, 2.05) is 0 Å². The van der Waals surface area contributed by atoms with Gasteiger partial charge in [-0.1, -0.05) is 17.7 Å². The van der Waals surface area contributed by atoms with Gasteiger partial charge in [0.2, 0.25) is 0 Å². The topological polar surface area (TPSA) is 0 Å². The van der Waals surface area contributed by atoms with Gasteiger partial charge in [0.05, 0.1) is 0 Å². The highest BCUT2D eigenvalue weighted by atomic mass is 127. The van der Waals surface area contributed by atoms with Crippen molar-refractivity contribution in [2.45, 2.75) is 20.8 Å². The number of aryl methyl sites for hydroxylation is 3. The fourth-order valence-electron chi connectivity index (χ4n) is 1.16. The molecule has 0 saturated heterocycles. The van der Waals surface area contributed by atoms with Crippen LogP contribution < -0.4 is 0 Å². The zero-order valence-corrected chi connectivity index (χ0v) is 9.91. The molecular formula is C9H12ClI. The van der Waals surface area contributed by atoms with Crippen LogP contribution >= 0.6 is 35.0 Å². The van der Waals surface area contributed by atoms with Crippen LogP contribution in [0.2, 0.25) is 0 Å². The van der Waals surface area contributed by atoms with E-state index in [0.717, 1.165) is 0 Å². The first-order valence-electron chi connectivity index (χ1n) is 3.34. The summed E-state index contributed by atoms with van der Waals surface area (Å²) in [5.74, 6) is 0. The largest absolute Gasteiger partial charge is 0.147 e. The van der Waals surface area contributed by atoms with E-state index in [1.165, 1.54) is 20.3 Å². The minimum atomic E-state index is 0. The quantitative estimate of drug-likeness (QED) is 0.637. The molecule has 0 heterocycles. The number of benzene rings is 1. The van der Waals surface area contributed by atoms with Gasteiger partial charge in [-0.25, -0.2) is 0 Å². The minimum absolute atomic E-state index is 0. The molecule has 2 heteroatoms. The third kappa shape index (κ3) is 2.64. The molecule has 0 N–H and O–H groups in total. The molecule has 0 bridgehead atoms. The Hall–Kier alpha value is 0.240. The van der Waals surface area contributed by atoms with Crippen molar-refractivity contribution in [2.75, 3.05) is 0 Å². The van der Waals surface area contributed by atoms with E-state index in [9.17, 15) is 0 Å². The van der Waals surface area contributed by atoms with Crippen LogP contribution in [-0.2, 0) is 0 Å².